The normalized spacial score (nSPS) is 25.0. The first kappa shape index (κ1) is 15.0. The van der Waals surface area contributed by atoms with Gasteiger partial charge in [0.2, 0.25) is 5.89 Å². The van der Waals surface area contributed by atoms with Gasteiger partial charge in [-0.2, -0.15) is 4.98 Å². The summed E-state index contributed by atoms with van der Waals surface area (Å²) in [4.78, 5) is 7.13. The molecule has 0 saturated carbocycles. The van der Waals surface area contributed by atoms with Crippen molar-refractivity contribution in [3.8, 4) is 0 Å². The molecule has 2 saturated heterocycles. The Bertz CT molecular complexity index is 432. The van der Waals surface area contributed by atoms with Crippen LogP contribution in [-0.4, -0.2) is 47.9 Å². The average Bonchev–Trinajstić information content (AvgIpc) is 3.17. The van der Waals surface area contributed by atoms with Gasteiger partial charge < -0.3 is 14.2 Å². The van der Waals surface area contributed by atoms with E-state index in [4.69, 9.17) is 9.26 Å². The maximum Gasteiger partial charge on any atom is 0.229 e. The number of likely N-dealkylation sites (tertiary alicyclic amines) is 1. The van der Waals surface area contributed by atoms with Crippen LogP contribution in [0.2, 0.25) is 0 Å². The van der Waals surface area contributed by atoms with E-state index in [0.717, 1.165) is 56.8 Å². The first-order valence-electron chi connectivity index (χ1n) is 8.36. The molecule has 0 radical (unpaired) electrons. The second-order valence-electron chi connectivity index (χ2n) is 6.78. The first-order valence-corrected chi connectivity index (χ1v) is 8.36. The third-order valence-electron chi connectivity index (χ3n) is 4.79. The van der Waals surface area contributed by atoms with Crippen molar-refractivity contribution in [2.45, 2.75) is 51.4 Å². The molecule has 21 heavy (non-hydrogen) atoms. The third kappa shape index (κ3) is 3.83. The molecule has 0 aliphatic carbocycles. The van der Waals surface area contributed by atoms with Crippen molar-refractivity contribution >= 4 is 0 Å². The molecular weight excluding hydrogens is 266 g/mol. The lowest BCUT2D eigenvalue weighted by Gasteiger charge is -2.30. The van der Waals surface area contributed by atoms with Gasteiger partial charge in [-0.05, 0) is 51.2 Å². The predicted molar refractivity (Wildman–Crippen MR) is 80.3 cm³/mol. The summed E-state index contributed by atoms with van der Waals surface area (Å²) in [5, 5.41) is 4.08. The number of hydrogen-bond acceptors (Lipinski definition) is 5. The Morgan fingerprint density at radius 1 is 1.24 bits per heavy atom. The summed E-state index contributed by atoms with van der Waals surface area (Å²) >= 11 is 0. The van der Waals surface area contributed by atoms with Gasteiger partial charge in [0.1, 0.15) is 0 Å². The van der Waals surface area contributed by atoms with Crippen LogP contribution in [-0.2, 0) is 4.74 Å². The van der Waals surface area contributed by atoms with Gasteiger partial charge in [-0.25, -0.2) is 0 Å². The molecule has 2 fully saturated rings. The summed E-state index contributed by atoms with van der Waals surface area (Å²) in [7, 11) is 0. The molecule has 0 bridgehead atoms. The van der Waals surface area contributed by atoms with Gasteiger partial charge in [-0.1, -0.05) is 19.0 Å². The van der Waals surface area contributed by atoms with Crippen molar-refractivity contribution in [2.75, 3.05) is 32.8 Å². The van der Waals surface area contributed by atoms with E-state index in [2.05, 4.69) is 28.9 Å². The highest BCUT2D eigenvalue weighted by Gasteiger charge is 2.26. The second kappa shape index (κ2) is 6.88. The Morgan fingerprint density at radius 3 is 2.67 bits per heavy atom. The molecule has 5 nitrogen and oxygen atoms in total. The molecule has 118 valence electrons. The Labute approximate surface area is 127 Å². The summed E-state index contributed by atoms with van der Waals surface area (Å²) in [5.74, 6) is 3.27. The molecule has 3 rings (SSSR count). The minimum atomic E-state index is 0.344. The van der Waals surface area contributed by atoms with Crippen molar-refractivity contribution in [2.24, 2.45) is 5.92 Å². The van der Waals surface area contributed by atoms with Crippen LogP contribution in [0.5, 0.6) is 0 Å². The predicted octanol–water partition coefficient (Wildman–Crippen LogP) is 2.80. The molecule has 1 aromatic heterocycles. The van der Waals surface area contributed by atoms with Crippen LogP contribution in [0, 0.1) is 5.92 Å². The highest BCUT2D eigenvalue weighted by molar-refractivity contribution is 4.98. The first-order chi connectivity index (χ1) is 10.2. The number of rotatable bonds is 5. The van der Waals surface area contributed by atoms with E-state index in [-0.39, 0.29) is 0 Å². The number of aromatic nitrogens is 2. The SMILES string of the molecule is CC(C)c1noc(C2CCN(CC[C@@H]3CCOC3)CC2)n1. The molecule has 1 atom stereocenters. The highest BCUT2D eigenvalue weighted by atomic mass is 16.5. The van der Waals surface area contributed by atoms with Crippen molar-refractivity contribution in [1.29, 1.82) is 0 Å². The maximum atomic E-state index is 5.45. The fraction of sp³-hybridized carbons (Fsp3) is 0.875. The third-order valence-corrected chi connectivity index (χ3v) is 4.79. The molecule has 1 aromatic rings. The minimum Gasteiger partial charge on any atom is -0.381 e. The van der Waals surface area contributed by atoms with Crippen molar-refractivity contribution < 1.29 is 9.26 Å². The van der Waals surface area contributed by atoms with E-state index in [1.54, 1.807) is 0 Å². The van der Waals surface area contributed by atoms with Gasteiger partial charge in [-0.15, -0.1) is 0 Å². The quantitative estimate of drug-likeness (QED) is 0.835. The molecular formula is C16H27N3O2. The van der Waals surface area contributed by atoms with Crippen LogP contribution in [0.15, 0.2) is 4.52 Å². The Morgan fingerprint density at radius 2 is 2.05 bits per heavy atom. The fourth-order valence-electron chi connectivity index (χ4n) is 3.23. The number of nitrogens with zero attached hydrogens (tertiary/aromatic N) is 3. The van der Waals surface area contributed by atoms with Crippen LogP contribution in [0.3, 0.4) is 0 Å². The number of ether oxygens (including phenoxy) is 1. The zero-order valence-corrected chi connectivity index (χ0v) is 13.3. The van der Waals surface area contributed by atoms with Crippen LogP contribution >= 0.6 is 0 Å². The van der Waals surface area contributed by atoms with E-state index < -0.39 is 0 Å². The zero-order chi connectivity index (χ0) is 14.7. The van der Waals surface area contributed by atoms with E-state index in [1.807, 2.05) is 0 Å². The largest absolute Gasteiger partial charge is 0.381 e. The lowest BCUT2D eigenvalue weighted by molar-refractivity contribution is 0.165. The lowest BCUT2D eigenvalue weighted by atomic mass is 9.96. The van der Waals surface area contributed by atoms with E-state index in [1.165, 1.54) is 19.4 Å². The summed E-state index contributed by atoms with van der Waals surface area (Å²) in [6.45, 7) is 9.64. The molecule has 5 heteroatoms. The Balaban J connectivity index is 1.43. The second-order valence-corrected chi connectivity index (χ2v) is 6.78. The van der Waals surface area contributed by atoms with Gasteiger partial charge >= 0.3 is 0 Å². The molecule has 0 aromatic carbocycles. The van der Waals surface area contributed by atoms with Crippen molar-refractivity contribution in [3.05, 3.63) is 11.7 Å². The van der Waals surface area contributed by atoms with Crippen LogP contribution < -0.4 is 0 Å². The van der Waals surface area contributed by atoms with Gasteiger partial charge in [0, 0.05) is 25.0 Å². The smallest absolute Gasteiger partial charge is 0.229 e. The standard InChI is InChI=1S/C16H27N3O2/c1-12(2)15-17-16(21-18-15)14-4-8-19(9-5-14)7-3-13-6-10-20-11-13/h12-14H,3-11H2,1-2H3/t13-/m1/s1. The van der Waals surface area contributed by atoms with Crippen molar-refractivity contribution in [1.82, 2.24) is 15.0 Å². The molecule has 2 aliphatic heterocycles. The van der Waals surface area contributed by atoms with Gasteiger partial charge in [0.25, 0.3) is 0 Å². The summed E-state index contributed by atoms with van der Waals surface area (Å²) in [5.41, 5.74) is 0. The van der Waals surface area contributed by atoms with Crippen LogP contribution in [0.4, 0.5) is 0 Å². The topological polar surface area (TPSA) is 51.4 Å². The molecule has 0 unspecified atom stereocenters. The van der Waals surface area contributed by atoms with Gasteiger partial charge in [0.05, 0.1) is 0 Å². The molecule has 3 heterocycles. The van der Waals surface area contributed by atoms with Gasteiger partial charge in [0.15, 0.2) is 5.82 Å². The van der Waals surface area contributed by atoms with E-state index in [9.17, 15) is 0 Å². The molecule has 0 N–H and O–H groups in total. The van der Waals surface area contributed by atoms with E-state index >= 15 is 0 Å². The summed E-state index contributed by atoms with van der Waals surface area (Å²) in [6.07, 6.45) is 4.81. The minimum absolute atomic E-state index is 0.344. The van der Waals surface area contributed by atoms with Crippen LogP contribution in [0.1, 0.15) is 63.1 Å². The zero-order valence-electron chi connectivity index (χ0n) is 13.3. The van der Waals surface area contributed by atoms with Gasteiger partial charge in [-0.3, -0.25) is 0 Å². The van der Waals surface area contributed by atoms with Crippen LogP contribution in [0.25, 0.3) is 0 Å². The molecule has 2 aliphatic rings. The molecule has 0 amide bonds. The number of hydrogen-bond donors (Lipinski definition) is 0. The highest BCUT2D eigenvalue weighted by Crippen LogP contribution is 2.28. The Kier molecular flexibility index (Phi) is 4.91. The summed E-state index contributed by atoms with van der Waals surface area (Å²) < 4.78 is 10.9. The van der Waals surface area contributed by atoms with Crippen molar-refractivity contribution in [3.63, 3.8) is 0 Å². The average molecular weight is 293 g/mol. The lowest BCUT2D eigenvalue weighted by Crippen LogP contribution is -2.34. The Hall–Kier alpha value is -0.940. The summed E-state index contributed by atoms with van der Waals surface area (Å²) in [6, 6.07) is 0. The van der Waals surface area contributed by atoms with E-state index in [0.29, 0.717) is 11.8 Å². The number of piperidine rings is 1. The molecule has 0 spiro atoms. The maximum absolute atomic E-state index is 5.45. The monoisotopic (exact) mass is 293 g/mol. The fourth-order valence-corrected chi connectivity index (χ4v) is 3.23.